The van der Waals surface area contributed by atoms with Gasteiger partial charge in [-0.05, 0) is 49.4 Å². The van der Waals surface area contributed by atoms with E-state index < -0.39 is 23.4 Å². The van der Waals surface area contributed by atoms with Crippen molar-refractivity contribution in [3.63, 3.8) is 0 Å². The van der Waals surface area contributed by atoms with Crippen molar-refractivity contribution in [2.75, 3.05) is 18.0 Å². The largest absolute Gasteiger partial charge is 0.483 e. The van der Waals surface area contributed by atoms with Gasteiger partial charge in [0.25, 0.3) is 0 Å². The first-order valence-electron chi connectivity index (χ1n) is 9.20. The first kappa shape index (κ1) is 19.1. The maximum Gasteiger partial charge on any atom is 0.303 e. The fraction of sp³-hybridized carbons (Fsp3) is 0.381. The minimum atomic E-state index is -1.01. The summed E-state index contributed by atoms with van der Waals surface area (Å²) >= 11 is 0. The average Bonchev–Trinajstić information content (AvgIpc) is 2.67. The number of carboxylic acids is 1. The van der Waals surface area contributed by atoms with Crippen LogP contribution in [0.2, 0.25) is 0 Å². The maximum atomic E-state index is 14.3. The molecule has 27 heavy (non-hydrogen) atoms. The molecule has 1 aliphatic rings. The summed E-state index contributed by atoms with van der Waals surface area (Å²) in [4.78, 5) is 12.9. The van der Waals surface area contributed by atoms with Crippen LogP contribution in [0.4, 0.5) is 14.5 Å². The van der Waals surface area contributed by atoms with E-state index in [1.807, 2.05) is 24.3 Å². The topological polar surface area (TPSA) is 49.8 Å². The number of halogens is 2. The number of piperidine rings is 1. The van der Waals surface area contributed by atoms with E-state index in [4.69, 9.17) is 9.84 Å². The third-order valence-corrected chi connectivity index (χ3v) is 4.75. The Balaban J connectivity index is 1.72. The summed E-state index contributed by atoms with van der Waals surface area (Å²) in [5.41, 5.74) is 2.22. The molecule has 1 aliphatic heterocycles. The summed E-state index contributed by atoms with van der Waals surface area (Å²) in [6.07, 6.45) is 3.38. The van der Waals surface area contributed by atoms with E-state index in [1.54, 1.807) is 0 Å². The molecular formula is C21H23F2NO3. The van der Waals surface area contributed by atoms with Gasteiger partial charge in [-0.2, -0.15) is 0 Å². The molecule has 0 aromatic heterocycles. The van der Waals surface area contributed by atoms with Gasteiger partial charge in [0.1, 0.15) is 6.61 Å². The van der Waals surface area contributed by atoms with Crippen molar-refractivity contribution in [3.05, 3.63) is 59.2 Å². The number of rotatable bonds is 7. The quantitative estimate of drug-likeness (QED) is 0.771. The number of anilines is 1. The normalized spacial score (nSPS) is 14.2. The highest BCUT2D eigenvalue weighted by atomic mass is 19.1. The number of nitrogens with zero attached hydrogens (tertiary/aromatic N) is 1. The van der Waals surface area contributed by atoms with Crippen LogP contribution in [0, 0.1) is 11.6 Å². The number of benzene rings is 2. The highest BCUT2D eigenvalue weighted by Crippen LogP contribution is 2.28. The minimum absolute atomic E-state index is 0.0645. The highest BCUT2D eigenvalue weighted by Gasteiger charge is 2.17. The maximum absolute atomic E-state index is 14.3. The Labute approximate surface area is 157 Å². The standard InChI is InChI=1S/C21H23F2NO3/c22-17-12-15(8-9-20(25)26)13-18(23)21(17)27-14-16-6-2-3-7-19(16)24-10-4-1-5-11-24/h2-3,6-7,12-13H,1,4-5,8-11,14H2,(H,25,26). The lowest BCUT2D eigenvalue weighted by molar-refractivity contribution is -0.136. The SMILES string of the molecule is O=C(O)CCc1cc(F)c(OCc2ccccc2N2CCCCC2)c(F)c1. The number of aliphatic carboxylic acids is 1. The summed E-state index contributed by atoms with van der Waals surface area (Å²) in [6, 6.07) is 10.0. The Hall–Kier alpha value is -2.63. The molecule has 0 unspecified atom stereocenters. The molecule has 2 aromatic rings. The molecule has 0 aliphatic carbocycles. The zero-order valence-corrected chi connectivity index (χ0v) is 15.1. The lowest BCUT2D eigenvalue weighted by Gasteiger charge is -2.30. The third-order valence-electron chi connectivity index (χ3n) is 4.75. The molecule has 0 bridgehead atoms. The molecule has 1 fully saturated rings. The summed E-state index contributed by atoms with van der Waals surface area (Å²) in [5.74, 6) is -3.07. The number of para-hydroxylation sites is 1. The van der Waals surface area contributed by atoms with Crippen LogP contribution in [0.3, 0.4) is 0 Å². The van der Waals surface area contributed by atoms with Crippen LogP contribution in [-0.4, -0.2) is 24.2 Å². The van der Waals surface area contributed by atoms with Gasteiger partial charge < -0.3 is 14.7 Å². The van der Waals surface area contributed by atoms with Crippen molar-refractivity contribution in [2.45, 2.75) is 38.7 Å². The zero-order valence-electron chi connectivity index (χ0n) is 15.1. The molecule has 0 amide bonds. The van der Waals surface area contributed by atoms with Crippen molar-refractivity contribution in [2.24, 2.45) is 0 Å². The van der Waals surface area contributed by atoms with E-state index in [0.29, 0.717) is 5.56 Å². The molecule has 3 rings (SSSR count). The molecule has 2 aromatic carbocycles. The fourth-order valence-corrected chi connectivity index (χ4v) is 3.37. The number of hydrogen-bond donors (Lipinski definition) is 1. The van der Waals surface area contributed by atoms with E-state index >= 15 is 0 Å². The molecule has 0 spiro atoms. The van der Waals surface area contributed by atoms with E-state index in [9.17, 15) is 13.6 Å². The van der Waals surface area contributed by atoms with Crippen molar-refractivity contribution in [1.29, 1.82) is 0 Å². The molecular weight excluding hydrogens is 352 g/mol. The van der Waals surface area contributed by atoms with Crippen LogP contribution < -0.4 is 9.64 Å². The average molecular weight is 375 g/mol. The Morgan fingerprint density at radius 2 is 1.74 bits per heavy atom. The first-order chi connectivity index (χ1) is 13.0. The van der Waals surface area contributed by atoms with E-state index in [0.717, 1.165) is 49.3 Å². The van der Waals surface area contributed by atoms with Crippen LogP contribution in [0.15, 0.2) is 36.4 Å². The first-order valence-corrected chi connectivity index (χ1v) is 9.20. The van der Waals surface area contributed by atoms with Crippen molar-refractivity contribution in [1.82, 2.24) is 0 Å². The van der Waals surface area contributed by atoms with Gasteiger partial charge in [0.05, 0.1) is 0 Å². The van der Waals surface area contributed by atoms with Gasteiger partial charge in [0.15, 0.2) is 17.4 Å². The monoisotopic (exact) mass is 375 g/mol. The Morgan fingerprint density at radius 3 is 2.41 bits per heavy atom. The summed E-state index contributed by atoms with van der Waals surface area (Å²) in [5, 5.41) is 8.70. The van der Waals surface area contributed by atoms with Crippen molar-refractivity contribution >= 4 is 11.7 Å². The molecule has 144 valence electrons. The molecule has 1 heterocycles. The Kier molecular flexibility index (Phi) is 6.27. The van der Waals surface area contributed by atoms with Crippen LogP contribution in [-0.2, 0) is 17.8 Å². The molecule has 4 nitrogen and oxygen atoms in total. The number of hydrogen-bond acceptors (Lipinski definition) is 3. The fourth-order valence-electron chi connectivity index (χ4n) is 3.37. The number of carboxylic acid groups (broad SMARTS) is 1. The Bertz CT molecular complexity index is 781. The van der Waals surface area contributed by atoms with Crippen LogP contribution in [0.25, 0.3) is 0 Å². The molecule has 1 N–H and O–H groups in total. The predicted octanol–water partition coefficient (Wildman–Crippen LogP) is 4.55. The number of ether oxygens (including phenoxy) is 1. The zero-order chi connectivity index (χ0) is 19.2. The summed E-state index contributed by atoms with van der Waals surface area (Å²) in [7, 11) is 0. The molecule has 0 saturated carbocycles. The Morgan fingerprint density at radius 1 is 1.07 bits per heavy atom. The van der Waals surface area contributed by atoms with Gasteiger partial charge >= 0.3 is 5.97 Å². The van der Waals surface area contributed by atoms with Crippen LogP contribution in [0.5, 0.6) is 5.75 Å². The van der Waals surface area contributed by atoms with E-state index in [1.165, 1.54) is 6.42 Å². The van der Waals surface area contributed by atoms with Gasteiger partial charge in [-0.3, -0.25) is 4.79 Å². The molecule has 0 atom stereocenters. The van der Waals surface area contributed by atoms with Crippen molar-refractivity contribution < 1.29 is 23.4 Å². The van der Waals surface area contributed by atoms with Gasteiger partial charge in [-0.15, -0.1) is 0 Å². The second kappa shape index (κ2) is 8.84. The van der Waals surface area contributed by atoms with Crippen LogP contribution >= 0.6 is 0 Å². The molecule has 0 radical (unpaired) electrons. The van der Waals surface area contributed by atoms with Gasteiger partial charge in [0, 0.05) is 30.8 Å². The third kappa shape index (κ3) is 4.96. The smallest absolute Gasteiger partial charge is 0.303 e. The predicted molar refractivity (Wildman–Crippen MR) is 99.2 cm³/mol. The van der Waals surface area contributed by atoms with Crippen LogP contribution in [0.1, 0.15) is 36.8 Å². The van der Waals surface area contributed by atoms with E-state index in [2.05, 4.69) is 4.90 Å². The lowest BCUT2D eigenvalue weighted by Crippen LogP contribution is -2.30. The summed E-state index contributed by atoms with van der Waals surface area (Å²) in [6.45, 7) is 2.00. The highest BCUT2D eigenvalue weighted by molar-refractivity contribution is 5.67. The van der Waals surface area contributed by atoms with Gasteiger partial charge in [-0.1, -0.05) is 18.2 Å². The van der Waals surface area contributed by atoms with Gasteiger partial charge in [0.2, 0.25) is 0 Å². The molecule has 6 heteroatoms. The lowest BCUT2D eigenvalue weighted by atomic mass is 10.1. The molecule has 1 saturated heterocycles. The van der Waals surface area contributed by atoms with Gasteiger partial charge in [-0.25, -0.2) is 8.78 Å². The number of carbonyl (C=O) groups is 1. The minimum Gasteiger partial charge on any atom is -0.483 e. The van der Waals surface area contributed by atoms with E-state index in [-0.39, 0.29) is 19.4 Å². The second-order valence-corrected chi connectivity index (χ2v) is 6.75. The number of aryl methyl sites for hydroxylation is 1. The summed E-state index contributed by atoms with van der Waals surface area (Å²) < 4.78 is 34.0. The second-order valence-electron chi connectivity index (χ2n) is 6.75. The van der Waals surface area contributed by atoms with Crippen molar-refractivity contribution in [3.8, 4) is 5.75 Å².